The summed E-state index contributed by atoms with van der Waals surface area (Å²) in [5, 5.41) is 5.95. The molecule has 0 saturated heterocycles. The van der Waals surface area contributed by atoms with Crippen LogP contribution in [0, 0.1) is 12.3 Å². The summed E-state index contributed by atoms with van der Waals surface area (Å²) in [6.45, 7) is 6.45. The van der Waals surface area contributed by atoms with Crippen LogP contribution in [0.15, 0.2) is 24.3 Å². The van der Waals surface area contributed by atoms with Gasteiger partial charge < -0.3 is 10.6 Å². The third-order valence-corrected chi connectivity index (χ3v) is 4.56. The van der Waals surface area contributed by atoms with Gasteiger partial charge in [0.25, 0.3) is 0 Å². The number of rotatable bonds is 6. The molecule has 126 valence electrons. The third kappa shape index (κ3) is 4.81. The summed E-state index contributed by atoms with van der Waals surface area (Å²) < 4.78 is 0. The highest BCUT2D eigenvalue weighted by Crippen LogP contribution is 2.41. The van der Waals surface area contributed by atoms with Crippen LogP contribution in [0.1, 0.15) is 57.1 Å². The molecule has 0 unspecified atom stereocenters. The lowest BCUT2D eigenvalue weighted by Crippen LogP contribution is -2.43. The Labute approximate surface area is 139 Å². The molecule has 0 atom stereocenters. The van der Waals surface area contributed by atoms with E-state index >= 15 is 0 Å². The Kier molecular flexibility index (Phi) is 5.80. The number of hydrogen-bond acceptors (Lipinski definition) is 2. The first-order valence-electron chi connectivity index (χ1n) is 8.54. The molecular formula is C19H28N2O2. The number of amides is 2. The van der Waals surface area contributed by atoms with Crippen molar-refractivity contribution in [3.63, 3.8) is 0 Å². The van der Waals surface area contributed by atoms with Crippen molar-refractivity contribution in [1.82, 2.24) is 10.6 Å². The van der Waals surface area contributed by atoms with Crippen LogP contribution < -0.4 is 10.6 Å². The Morgan fingerprint density at radius 2 is 1.74 bits per heavy atom. The van der Waals surface area contributed by atoms with Crippen molar-refractivity contribution in [2.24, 2.45) is 5.41 Å². The van der Waals surface area contributed by atoms with Gasteiger partial charge in [0.05, 0.1) is 5.41 Å². The first kappa shape index (κ1) is 17.5. The summed E-state index contributed by atoms with van der Waals surface area (Å²) in [6, 6.07) is 8.26. The van der Waals surface area contributed by atoms with Crippen LogP contribution in [-0.2, 0) is 16.1 Å². The van der Waals surface area contributed by atoms with Crippen molar-refractivity contribution in [2.45, 2.75) is 65.5 Å². The van der Waals surface area contributed by atoms with Gasteiger partial charge in [-0.3, -0.25) is 9.59 Å². The Morgan fingerprint density at radius 3 is 2.30 bits per heavy atom. The van der Waals surface area contributed by atoms with Gasteiger partial charge in [-0.25, -0.2) is 0 Å². The van der Waals surface area contributed by atoms with E-state index in [1.165, 1.54) is 5.56 Å². The molecule has 2 N–H and O–H groups in total. The summed E-state index contributed by atoms with van der Waals surface area (Å²) in [5.41, 5.74) is 1.77. The molecule has 1 saturated carbocycles. The van der Waals surface area contributed by atoms with Crippen LogP contribution in [0.25, 0.3) is 0 Å². The Balaban J connectivity index is 1.97. The maximum absolute atomic E-state index is 12.7. The molecule has 0 radical (unpaired) electrons. The molecule has 1 aliphatic rings. The fourth-order valence-electron chi connectivity index (χ4n) is 3.29. The van der Waals surface area contributed by atoms with E-state index in [2.05, 4.69) is 10.6 Å². The zero-order chi connectivity index (χ0) is 16.9. The molecule has 4 heteroatoms. The molecule has 1 aromatic rings. The smallest absolute Gasteiger partial charge is 0.227 e. The predicted molar refractivity (Wildman–Crippen MR) is 91.8 cm³/mol. The second-order valence-corrected chi connectivity index (χ2v) is 7.05. The van der Waals surface area contributed by atoms with E-state index in [1.54, 1.807) is 0 Å². The summed E-state index contributed by atoms with van der Waals surface area (Å²) in [4.78, 5) is 24.9. The van der Waals surface area contributed by atoms with Gasteiger partial charge in [-0.1, -0.05) is 42.7 Å². The predicted octanol–water partition coefficient (Wildman–Crippen LogP) is 3.09. The molecule has 0 spiro atoms. The van der Waals surface area contributed by atoms with E-state index in [0.29, 0.717) is 13.0 Å². The van der Waals surface area contributed by atoms with Crippen molar-refractivity contribution in [1.29, 1.82) is 0 Å². The van der Waals surface area contributed by atoms with Crippen molar-refractivity contribution in [3.05, 3.63) is 35.4 Å². The lowest BCUT2D eigenvalue weighted by atomic mass is 9.81. The largest absolute Gasteiger partial charge is 0.354 e. The lowest BCUT2D eigenvalue weighted by Gasteiger charge is -2.27. The minimum absolute atomic E-state index is 0.0209. The number of carbonyl (C=O) groups excluding carboxylic acids is 2. The third-order valence-electron chi connectivity index (χ3n) is 4.56. The van der Waals surface area contributed by atoms with Crippen LogP contribution >= 0.6 is 0 Å². The van der Waals surface area contributed by atoms with Crippen LogP contribution in [0.5, 0.6) is 0 Å². The fourth-order valence-corrected chi connectivity index (χ4v) is 3.29. The zero-order valence-electron chi connectivity index (χ0n) is 14.4. The molecule has 1 aliphatic carbocycles. The van der Waals surface area contributed by atoms with Gasteiger partial charge in [0.1, 0.15) is 0 Å². The van der Waals surface area contributed by atoms with Gasteiger partial charge in [-0.15, -0.1) is 0 Å². The van der Waals surface area contributed by atoms with Crippen LogP contribution in [0.2, 0.25) is 0 Å². The van der Waals surface area contributed by atoms with E-state index in [0.717, 1.165) is 31.2 Å². The van der Waals surface area contributed by atoms with Crippen LogP contribution in [-0.4, -0.2) is 17.9 Å². The quantitative estimate of drug-likeness (QED) is 0.847. The normalized spacial score (nSPS) is 16.3. The maximum atomic E-state index is 12.7. The van der Waals surface area contributed by atoms with Gasteiger partial charge in [0.15, 0.2) is 0 Å². The SMILES string of the molecule is Cc1ccc(CNC(=O)C2(CC(=O)NC(C)C)CCCC2)cc1. The molecule has 1 aromatic carbocycles. The lowest BCUT2D eigenvalue weighted by molar-refractivity contribution is -0.136. The summed E-state index contributed by atoms with van der Waals surface area (Å²) in [5.74, 6) is 0.00173. The molecule has 4 nitrogen and oxygen atoms in total. The van der Waals surface area contributed by atoms with Gasteiger partial charge in [-0.05, 0) is 39.2 Å². The first-order chi connectivity index (χ1) is 10.9. The second-order valence-electron chi connectivity index (χ2n) is 7.05. The van der Waals surface area contributed by atoms with Gasteiger partial charge >= 0.3 is 0 Å². The van der Waals surface area contributed by atoms with Gasteiger partial charge in [0, 0.05) is 19.0 Å². The van der Waals surface area contributed by atoms with E-state index in [9.17, 15) is 9.59 Å². The molecule has 0 aliphatic heterocycles. The fraction of sp³-hybridized carbons (Fsp3) is 0.579. The van der Waals surface area contributed by atoms with Crippen LogP contribution in [0.4, 0.5) is 0 Å². The number of aryl methyl sites for hydroxylation is 1. The highest BCUT2D eigenvalue weighted by Gasteiger charge is 2.42. The first-order valence-corrected chi connectivity index (χ1v) is 8.54. The number of benzene rings is 1. The van der Waals surface area contributed by atoms with E-state index in [4.69, 9.17) is 0 Å². The topological polar surface area (TPSA) is 58.2 Å². The van der Waals surface area contributed by atoms with Gasteiger partial charge in [0.2, 0.25) is 11.8 Å². The number of carbonyl (C=O) groups is 2. The minimum Gasteiger partial charge on any atom is -0.354 e. The molecule has 1 fully saturated rings. The molecule has 0 aromatic heterocycles. The van der Waals surface area contributed by atoms with Crippen molar-refractivity contribution in [2.75, 3.05) is 0 Å². The highest BCUT2D eigenvalue weighted by molar-refractivity contribution is 5.89. The molecular weight excluding hydrogens is 288 g/mol. The zero-order valence-corrected chi connectivity index (χ0v) is 14.4. The highest BCUT2D eigenvalue weighted by atomic mass is 16.2. The van der Waals surface area contributed by atoms with E-state index in [1.807, 2.05) is 45.0 Å². The Morgan fingerprint density at radius 1 is 1.13 bits per heavy atom. The molecule has 23 heavy (non-hydrogen) atoms. The van der Waals surface area contributed by atoms with Crippen molar-refractivity contribution in [3.8, 4) is 0 Å². The number of nitrogens with one attached hydrogen (secondary N) is 2. The minimum atomic E-state index is -0.524. The molecule has 2 rings (SSSR count). The van der Waals surface area contributed by atoms with E-state index < -0.39 is 5.41 Å². The van der Waals surface area contributed by atoms with E-state index in [-0.39, 0.29) is 17.9 Å². The summed E-state index contributed by atoms with van der Waals surface area (Å²) >= 11 is 0. The van der Waals surface area contributed by atoms with Crippen molar-refractivity contribution < 1.29 is 9.59 Å². The maximum Gasteiger partial charge on any atom is 0.227 e. The number of hydrogen-bond donors (Lipinski definition) is 2. The van der Waals surface area contributed by atoms with Crippen molar-refractivity contribution >= 4 is 11.8 Å². The van der Waals surface area contributed by atoms with Gasteiger partial charge in [-0.2, -0.15) is 0 Å². The Hall–Kier alpha value is -1.84. The second kappa shape index (κ2) is 7.62. The monoisotopic (exact) mass is 316 g/mol. The van der Waals surface area contributed by atoms with Crippen LogP contribution in [0.3, 0.4) is 0 Å². The average molecular weight is 316 g/mol. The Bertz CT molecular complexity index is 543. The standard InChI is InChI=1S/C19H28N2O2/c1-14(2)21-17(22)12-19(10-4-5-11-19)18(23)20-13-16-8-6-15(3)7-9-16/h6-9,14H,4-5,10-13H2,1-3H3,(H,20,23)(H,21,22). The molecule has 2 amide bonds. The summed E-state index contributed by atoms with van der Waals surface area (Å²) in [6.07, 6.45) is 3.95. The molecule has 0 heterocycles. The average Bonchev–Trinajstić information content (AvgIpc) is 2.95. The summed E-state index contributed by atoms with van der Waals surface area (Å²) in [7, 11) is 0. The molecule has 0 bridgehead atoms.